The molecule has 0 aliphatic heterocycles. The zero-order chi connectivity index (χ0) is 16.4. The van der Waals surface area contributed by atoms with Crippen LogP contribution in [0.5, 0.6) is 0 Å². The molecule has 0 heterocycles. The van der Waals surface area contributed by atoms with Crippen molar-refractivity contribution in [3.63, 3.8) is 0 Å². The Morgan fingerprint density at radius 2 is 1.91 bits per heavy atom. The van der Waals surface area contributed by atoms with E-state index in [-0.39, 0.29) is 17.8 Å². The quantitative estimate of drug-likeness (QED) is 0.645. The summed E-state index contributed by atoms with van der Waals surface area (Å²) in [5, 5.41) is 6.04. The average Bonchev–Trinajstić information content (AvgIpc) is 3.30. The number of hydrogen-bond donors (Lipinski definition) is 1. The van der Waals surface area contributed by atoms with E-state index in [2.05, 4.69) is 15.2 Å². The molecule has 6 heteroatoms. The Bertz CT molecular complexity index is 618. The van der Waals surface area contributed by atoms with E-state index in [0.717, 1.165) is 37.7 Å². The zero-order valence-corrected chi connectivity index (χ0v) is 13.1. The second kappa shape index (κ2) is 6.10. The summed E-state index contributed by atoms with van der Waals surface area (Å²) >= 11 is 0. The Labute approximate surface area is 134 Å². The molecular weight excluding hydrogens is 296 g/mol. The lowest BCUT2D eigenvalue weighted by atomic mass is 9.79. The topological polar surface area (TPSA) is 84.8 Å². The van der Waals surface area contributed by atoms with Crippen molar-refractivity contribution in [2.45, 2.75) is 43.7 Å². The van der Waals surface area contributed by atoms with Crippen LogP contribution in [0, 0.1) is 10.8 Å². The summed E-state index contributed by atoms with van der Waals surface area (Å²) in [5.74, 6) is -0.579. The van der Waals surface area contributed by atoms with E-state index in [0.29, 0.717) is 5.56 Å². The first kappa shape index (κ1) is 15.6. The number of ether oxygens (including phenoxy) is 1. The largest absolute Gasteiger partial charge is 0.465 e. The van der Waals surface area contributed by atoms with Gasteiger partial charge < -0.3 is 10.1 Å². The van der Waals surface area contributed by atoms with Crippen molar-refractivity contribution in [3.05, 3.63) is 40.3 Å². The Morgan fingerprint density at radius 1 is 1.26 bits per heavy atom. The van der Waals surface area contributed by atoms with Crippen LogP contribution in [0.3, 0.4) is 0 Å². The minimum Gasteiger partial charge on any atom is -0.465 e. The maximum Gasteiger partial charge on any atom is 0.337 e. The van der Waals surface area contributed by atoms with Crippen molar-refractivity contribution in [3.8, 4) is 0 Å². The number of esters is 1. The van der Waals surface area contributed by atoms with Gasteiger partial charge in [-0.15, -0.1) is 4.91 Å². The van der Waals surface area contributed by atoms with Gasteiger partial charge in [-0.05, 0) is 49.3 Å². The van der Waals surface area contributed by atoms with Crippen molar-refractivity contribution in [2.75, 3.05) is 7.11 Å². The summed E-state index contributed by atoms with van der Waals surface area (Å²) in [6, 6.07) is 6.25. The van der Waals surface area contributed by atoms with E-state index >= 15 is 0 Å². The lowest BCUT2D eigenvalue weighted by Gasteiger charge is -2.30. The number of rotatable bonds is 6. The van der Waals surface area contributed by atoms with Gasteiger partial charge in [0.15, 0.2) is 6.04 Å². The van der Waals surface area contributed by atoms with Gasteiger partial charge in [-0.25, -0.2) is 4.79 Å². The minimum absolute atomic E-state index is 0.0880. The number of nitrogens with zero attached hydrogens (tertiary/aromatic N) is 1. The van der Waals surface area contributed by atoms with Gasteiger partial charge in [-0.2, -0.15) is 0 Å². The van der Waals surface area contributed by atoms with Crippen molar-refractivity contribution in [1.29, 1.82) is 0 Å². The van der Waals surface area contributed by atoms with Crippen LogP contribution < -0.4 is 5.32 Å². The van der Waals surface area contributed by atoms with Crippen molar-refractivity contribution in [1.82, 2.24) is 5.32 Å². The van der Waals surface area contributed by atoms with Gasteiger partial charge in [0, 0.05) is 0 Å². The van der Waals surface area contributed by atoms with E-state index in [9.17, 15) is 14.5 Å². The van der Waals surface area contributed by atoms with Crippen molar-refractivity contribution >= 4 is 11.9 Å². The number of benzene rings is 1. The number of carbonyl (C=O) groups excluding carboxylic acids is 2. The first-order chi connectivity index (χ1) is 11.1. The predicted octanol–water partition coefficient (Wildman–Crippen LogP) is 2.51. The molecule has 0 saturated heterocycles. The fourth-order valence-electron chi connectivity index (χ4n) is 3.07. The lowest BCUT2D eigenvalue weighted by molar-refractivity contribution is -0.125. The molecule has 23 heavy (non-hydrogen) atoms. The summed E-state index contributed by atoms with van der Waals surface area (Å²) in [4.78, 5) is 34.9. The smallest absolute Gasteiger partial charge is 0.337 e. The lowest BCUT2D eigenvalue weighted by Crippen LogP contribution is -2.45. The van der Waals surface area contributed by atoms with Gasteiger partial charge in [0.2, 0.25) is 5.91 Å². The third-order valence-electron chi connectivity index (χ3n) is 4.95. The SMILES string of the molecule is COC(=O)c1ccc(C2(NC(=O)[C@H](N=O)C3CCC3)CC2)cc1. The third-order valence-corrected chi connectivity index (χ3v) is 4.95. The molecule has 6 nitrogen and oxygen atoms in total. The highest BCUT2D eigenvalue weighted by Gasteiger charge is 2.47. The number of methoxy groups -OCH3 is 1. The molecule has 0 aromatic heterocycles. The molecule has 0 spiro atoms. The monoisotopic (exact) mass is 316 g/mol. The van der Waals surface area contributed by atoms with Gasteiger partial charge in [-0.1, -0.05) is 23.7 Å². The Morgan fingerprint density at radius 3 is 2.35 bits per heavy atom. The molecule has 2 aliphatic rings. The maximum atomic E-state index is 12.4. The van der Waals surface area contributed by atoms with Crippen molar-refractivity contribution < 1.29 is 14.3 Å². The van der Waals surface area contributed by atoms with Gasteiger partial charge in [-0.3, -0.25) is 4.79 Å². The van der Waals surface area contributed by atoms with Crippen LogP contribution in [0.25, 0.3) is 0 Å². The number of carbonyl (C=O) groups is 2. The molecule has 0 unspecified atom stereocenters. The molecule has 0 bridgehead atoms. The van der Waals surface area contributed by atoms with Gasteiger partial charge in [0.1, 0.15) is 0 Å². The van der Waals surface area contributed by atoms with Gasteiger partial charge in [0.05, 0.1) is 18.2 Å². The van der Waals surface area contributed by atoms with E-state index in [4.69, 9.17) is 0 Å². The summed E-state index contributed by atoms with van der Waals surface area (Å²) in [7, 11) is 1.34. The Balaban J connectivity index is 1.70. The van der Waals surface area contributed by atoms with E-state index in [1.54, 1.807) is 12.1 Å². The molecular formula is C17H20N2O4. The van der Waals surface area contributed by atoms with Gasteiger partial charge >= 0.3 is 5.97 Å². The number of nitrogens with one attached hydrogen (secondary N) is 1. The standard InChI is InChI=1S/C17H20N2O4/c1-23-16(21)12-5-7-13(8-6-12)17(9-10-17)18-15(20)14(19-22)11-3-2-4-11/h5-8,11,14H,2-4,9-10H2,1H3,(H,18,20)/t14-/m1/s1. The van der Waals surface area contributed by atoms with E-state index < -0.39 is 11.6 Å². The molecule has 1 atom stereocenters. The normalized spacial score (nSPS) is 20.0. The fourth-order valence-corrected chi connectivity index (χ4v) is 3.07. The molecule has 1 N–H and O–H groups in total. The summed E-state index contributed by atoms with van der Waals surface area (Å²) in [6.45, 7) is 0. The molecule has 1 aromatic rings. The van der Waals surface area contributed by atoms with Crippen LogP contribution in [0.4, 0.5) is 0 Å². The van der Waals surface area contributed by atoms with Crippen LogP contribution in [0.1, 0.15) is 48.0 Å². The second-order valence-corrected chi connectivity index (χ2v) is 6.38. The number of nitroso groups, excluding NO2 is 1. The first-order valence-corrected chi connectivity index (χ1v) is 7.93. The highest BCUT2D eigenvalue weighted by Crippen LogP contribution is 2.46. The van der Waals surface area contributed by atoms with Crippen LogP contribution >= 0.6 is 0 Å². The van der Waals surface area contributed by atoms with E-state index in [1.807, 2.05) is 12.1 Å². The first-order valence-electron chi connectivity index (χ1n) is 7.93. The third kappa shape index (κ3) is 2.98. The van der Waals surface area contributed by atoms with Crippen LogP contribution in [0.15, 0.2) is 29.4 Å². The summed E-state index contributed by atoms with van der Waals surface area (Å²) in [6.07, 6.45) is 4.50. The molecule has 2 saturated carbocycles. The molecule has 1 aromatic carbocycles. The minimum atomic E-state index is -0.782. The predicted molar refractivity (Wildman–Crippen MR) is 83.8 cm³/mol. The molecule has 2 fully saturated rings. The molecule has 3 rings (SSSR count). The maximum absolute atomic E-state index is 12.4. The summed E-state index contributed by atoms with van der Waals surface area (Å²) in [5.41, 5.74) is 0.996. The molecule has 0 radical (unpaired) electrons. The molecule has 2 aliphatic carbocycles. The Hall–Kier alpha value is -2.24. The molecule has 1 amide bonds. The Kier molecular flexibility index (Phi) is 4.15. The molecule has 122 valence electrons. The highest BCUT2D eigenvalue weighted by molar-refractivity contribution is 5.89. The van der Waals surface area contributed by atoms with Gasteiger partial charge in [0.25, 0.3) is 0 Å². The van der Waals surface area contributed by atoms with Crippen LogP contribution in [-0.4, -0.2) is 25.0 Å². The average molecular weight is 316 g/mol. The number of amides is 1. The highest BCUT2D eigenvalue weighted by atomic mass is 16.5. The van der Waals surface area contributed by atoms with Crippen LogP contribution in [0.2, 0.25) is 0 Å². The summed E-state index contributed by atoms with van der Waals surface area (Å²) < 4.78 is 4.68. The van der Waals surface area contributed by atoms with E-state index in [1.165, 1.54) is 7.11 Å². The number of hydrogen-bond acceptors (Lipinski definition) is 5. The second-order valence-electron chi connectivity index (χ2n) is 6.38. The van der Waals surface area contributed by atoms with Crippen LogP contribution in [-0.2, 0) is 15.1 Å². The van der Waals surface area contributed by atoms with Crippen molar-refractivity contribution in [2.24, 2.45) is 11.1 Å². The zero-order valence-electron chi connectivity index (χ0n) is 13.1. The fraction of sp³-hybridized carbons (Fsp3) is 0.529.